The van der Waals surface area contributed by atoms with E-state index in [1.165, 1.54) is 38.9 Å². The monoisotopic (exact) mass is 300 g/mol. The Morgan fingerprint density at radius 2 is 1.09 bits per heavy atom. The average Bonchev–Trinajstić information content (AvgIpc) is 2.57. The molecule has 0 spiro atoms. The molecule has 3 aromatic carbocycles. The summed E-state index contributed by atoms with van der Waals surface area (Å²) < 4.78 is 0. The summed E-state index contributed by atoms with van der Waals surface area (Å²) in [6.07, 6.45) is 0. The maximum absolute atomic E-state index is 2.27. The number of rotatable bonds is 3. The molecule has 23 heavy (non-hydrogen) atoms. The Kier molecular flexibility index (Phi) is 4.34. The van der Waals surface area contributed by atoms with Crippen molar-refractivity contribution in [1.29, 1.82) is 0 Å². The van der Waals surface area contributed by atoms with Gasteiger partial charge in [0, 0.05) is 5.92 Å². The molecule has 0 heteroatoms. The maximum atomic E-state index is 2.27. The molecular weight excluding hydrogens is 276 g/mol. The number of hydrogen-bond donors (Lipinski definition) is 0. The van der Waals surface area contributed by atoms with Crippen molar-refractivity contribution in [2.45, 2.75) is 33.6 Å². The van der Waals surface area contributed by atoms with Gasteiger partial charge in [-0.25, -0.2) is 0 Å². The third-order valence-electron chi connectivity index (χ3n) is 4.83. The summed E-state index contributed by atoms with van der Waals surface area (Å²) in [6, 6.07) is 24.5. The quantitative estimate of drug-likeness (QED) is 0.523. The Hall–Kier alpha value is -2.34. The molecular formula is C23H24. The maximum Gasteiger partial charge on any atom is 0.00610 e. The molecule has 0 saturated heterocycles. The third-order valence-corrected chi connectivity index (χ3v) is 4.83. The Labute approximate surface area is 139 Å². The molecule has 0 fully saturated rings. The zero-order valence-corrected chi connectivity index (χ0v) is 14.4. The van der Waals surface area contributed by atoms with Gasteiger partial charge in [-0.3, -0.25) is 0 Å². The first-order chi connectivity index (χ1) is 11.0. The zero-order valence-electron chi connectivity index (χ0n) is 14.4. The van der Waals surface area contributed by atoms with Gasteiger partial charge < -0.3 is 0 Å². The Morgan fingerprint density at radius 3 is 1.65 bits per heavy atom. The van der Waals surface area contributed by atoms with Gasteiger partial charge in [0.05, 0.1) is 0 Å². The molecule has 0 aromatic heterocycles. The first-order valence-electron chi connectivity index (χ1n) is 8.29. The first kappa shape index (κ1) is 15.6. The fourth-order valence-corrected chi connectivity index (χ4v) is 2.93. The molecule has 1 unspecified atom stereocenters. The van der Waals surface area contributed by atoms with E-state index in [9.17, 15) is 0 Å². The number of benzene rings is 3. The lowest BCUT2D eigenvalue weighted by atomic mass is 9.91. The average molecular weight is 300 g/mol. The van der Waals surface area contributed by atoms with Crippen LogP contribution >= 0.6 is 0 Å². The van der Waals surface area contributed by atoms with E-state index in [0.717, 1.165) is 0 Å². The van der Waals surface area contributed by atoms with E-state index in [-0.39, 0.29) is 0 Å². The fourth-order valence-electron chi connectivity index (χ4n) is 2.93. The van der Waals surface area contributed by atoms with Crippen LogP contribution in [0.2, 0.25) is 0 Å². The van der Waals surface area contributed by atoms with Gasteiger partial charge in [-0.15, -0.1) is 0 Å². The van der Waals surface area contributed by atoms with Crippen LogP contribution in [0.1, 0.15) is 40.7 Å². The van der Waals surface area contributed by atoms with Crippen LogP contribution in [0, 0.1) is 20.8 Å². The SMILES string of the molecule is Cc1ccc(C(C)c2ccc(-c3ccc(C)c(C)c3)cc2)cc1. The minimum Gasteiger partial charge on any atom is -0.0590 e. The highest BCUT2D eigenvalue weighted by Crippen LogP contribution is 2.28. The molecule has 3 rings (SSSR count). The van der Waals surface area contributed by atoms with Gasteiger partial charge >= 0.3 is 0 Å². The van der Waals surface area contributed by atoms with Gasteiger partial charge in [-0.2, -0.15) is 0 Å². The highest BCUT2D eigenvalue weighted by molar-refractivity contribution is 5.65. The van der Waals surface area contributed by atoms with Crippen molar-refractivity contribution in [2.24, 2.45) is 0 Å². The molecule has 0 radical (unpaired) electrons. The van der Waals surface area contributed by atoms with E-state index < -0.39 is 0 Å². The Bertz CT molecular complexity index is 792. The molecule has 0 aliphatic rings. The van der Waals surface area contributed by atoms with E-state index in [2.05, 4.69) is 94.4 Å². The lowest BCUT2D eigenvalue weighted by molar-refractivity contribution is 0.921. The highest BCUT2D eigenvalue weighted by atomic mass is 14.1. The lowest BCUT2D eigenvalue weighted by Gasteiger charge is -2.14. The summed E-state index contributed by atoms with van der Waals surface area (Å²) in [4.78, 5) is 0. The topological polar surface area (TPSA) is 0 Å². The van der Waals surface area contributed by atoms with Crippen LogP contribution in [-0.4, -0.2) is 0 Å². The molecule has 0 saturated carbocycles. The largest absolute Gasteiger partial charge is 0.0590 e. The van der Waals surface area contributed by atoms with Crippen molar-refractivity contribution in [3.8, 4) is 11.1 Å². The zero-order chi connectivity index (χ0) is 16.4. The Balaban J connectivity index is 1.86. The van der Waals surface area contributed by atoms with Crippen LogP contribution < -0.4 is 0 Å². The second-order valence-corrected chi connectivity index (χ2v) is 6.55. The van der Waals surface area contributed by atoms with Gasteiger partial charge in [0.15, 0.2) is 0 Å². The molecule has 0 bridgehead atoms. The summed E-state index contributed by atoms with van der Waals surface area (Å²) >= 11 is 0. The lowest BCUT2D eigenvalue weighted by Crippen LogP contribution is -1.96. The van der Waals surface area contributed by atoms with Crippen LogP contribution in [-0.2, 0) is 0 Å². The van der Waals surface area contributed by atoms with Crippen molar-refractivity contribution < 1.29 is 0 Å². The van der Waals surface area contributed by atoms with Crippen molar-refractivity contribution in [2.75, 3.05) is 0 Å². The minimum absolute atomic E-state index is 0.421. The van der Waals surface area contributed by atoms with Crippen LogP contribution in [0.3, 0.4) is 0 Å². The van der Waals surface area contributed by atoms with E-state index in [4.69, 9.17) is 0 Å². The normalized spacial score (nSPS) is 12.2. The van der Waals surface area contributed by atoms with E-state index in [1.807, 2.05) is 0 Å². The van der Waals surface area contributed by atoms with Crippen molar-refractivity contribution in [3.05, 3.63) is 94.5 Å². The van der Waals surface area contributed by atoms with Gasteiger partial charge in [-0.05, 0) is 54.2 Å². The standard InChI is InChI=1S/C23H24/c1-16-5-8-20(9-6-16)19(4)21-11-13-22(14-12-21)23-10-7-17(2)18(3)15-23/h5-15,19H,1-4H3. The van der Waals surface area contributed by atoms with Crippen LogP contribution in [0.25, 0.3) is 11.1 Å². The summed E-state index contributed by atoms with van der Waals surface area (Å²) in [5.41, 5.74) is 9.32. The van der Waals surface area contributed by atoms with Gasteiger partial charge in [0.2, 0.25) is 0 Å². The molecule has 0 nitrogen and oxygen atoms in total. The van der Waals surface area contributed by atoms with Crippen molar-refractivity contribution >= 4 is 0 Å². The molecule has 3 aromatic rings. The van der Waals surface area contributed by atoms with Gasteiger partial charge in [0.25, 0.3) is 0 Å². The van der Waals surface area contributed by atoms with E-state index >= 15 is 0 Å². The molecule has 0 amide bonds. The smallest absolute Gasteiger partial charge is 0.00610 e. The highest BCUT2D eigenvalue weighted by Gasteiger charge is 2.08. The molecule has 116 valence electrons. The number of aryl methyl sites for hydroxylation is 3. The predicted octanol–water partition coefficient (Wildman–Crippen LogP) is 6.43. The van der Waals surface area contributed by atoms with Crippen LogP contribution in [0.15, 0.2) is 66.7 Å². The molecule has 0 aliphatic heterocycles. The Morgan fingerprint density at radius 1 is 0.565 bits per heavy atom. The summed E-state index contributed by atoms with van der Waals surface area (Å²) in [5.74, 6) is 0.421. The molecule has 0 heterocycles. The molecule has 1 atom stereocenters. The van der Waals surface area contributed by atoms with Crippen LogP contribution in [0.5, 0.6) is 0 Å². The van der Waals surface area contributed by atoms with Crippen molar-refractivity contribution in [3.63, 3.8) is 0 Å². The van der Waals surface area contributed by atoms with Crippen LogP contribution in [0.4, 0.5) is 0 Å². The van der Waals surface area contributed by atoms with Crippen molar-refractivity contribution in [1.82, 2.24) is 0 Å². The summed E-state index contributed by atoms with van der Waals surface area (Å²) in [6.45, 7) is 8.74. The fraction of sp³-hybridized carbons (Fsp3) is 0.217. The summed E-state index contributed by atoms with van der Waals surface area (Å²) in [7, 11) is 0. The summed E-state index contributed by atoms with van der Waals surface area (Å²) in [5, 5.41) is 0. The van der Waals surface area contributed by atoms with E-state index in [1.54, 1.807) is 0 Å². The molecule has 0 N–H and O–H groups in total. The van der Waals surface area contributed by atoms with Gasteiger partial charge in [0.1, 0.15) is 0 Å². The second-order valence-electron chi connectivity index (χ2n) is 6.55. The first-order valence-corrected chi connectivity index (χ1v) is 8.29. The van der Waals surface area contributed by atoms with Gasteiger partial charge in [-0.1, -0.05) is 79.2 Å². The third kappa shape index (κ3) is 3.37. The number of hydrogen-bond acceptors (Lipinski definition) is 0. The predicted molar refractivity (Wildman–Crippen MR) is 100 cm³/mol. The molecule has 0 aliphatic carbocycles. The second kappa shape index (κ2) is 6.42. The minimum atomic E-state index is 0.421. The van der Waals surface area contributed by atoms with E-state index in [0.29, 0.717) is 5.92 Å².